The first-order valence-electron chi connectivity index (χ1n) is 9.03. The van der Waals surface area contributed by atoms with Crippen LogP contribution >= 0.6 is 0 Å². The lowest BCUT2D eigenvalue weighted by atomic mass is 10.1. The standard InChI is InChI=1S/C20H25N3O5S/c1-15(23-20(25)28-13-16-8-4-3-5-9-16)19(24)22-12-17-10-6-7-11-18(17)14-29(26,27)21-2/h3-11,15,21H,12-14H2,1-2H3,(H,22,24)(H,23,25). The van der Waals surface area contributed by atoms with Crippen molar-refractivity contribution in [3.8, 4) is 0 Å². The van der Waals surface area contributed by atoms with Gasteiger partial charge >= 0.3 is 6.09 Å². The molecule has 0 spiro atoms. The van der Waals surface area contributed by atoms with Gasteiger partial charge in [-0.3, -0.25) is 4.79 Å². The SMILES string of the molecule is CNS(=O)(=O)Cc1ccccc1CNC(=O)C(C)NC(=O)OCc1ccccc1. The van der Waals surface area contributed by atoms with Gasteiger partial charge in [0.1, 0.15) is 12.6 Å². The molecule has 3 N–H and O–H groups in total. The number of rotatable bonds is 9. The maximum atomic E-state index is 12.3. The van der Waals surface area contributed by atoms with Crippen molar-refractivity contribution in [2.75, 3.05) is 7.05 Å². The van der Waals surface area contributed by atoms with E-state index in [1.165, 1.54) is 14.0 Å². The van der Waals surface area contributed by atoms with Crippen LogP contribution in [-0.4, -0.2) is 33.5 Å². The van der Waals surface area contributed by atoms with Crippen LogP contribution in [0.1, 0.15) is 23.6 Å². The third-order valence-electron chi connectivity index (χ3n) is 4.17. The maximum Gasteiger partial charge on any atom is 0.408 e. The Balaban J connectivity index is 1.85. The van der Waals surface area contributed by atoms with E-state index < -0.39 is 28.1 Å². The van der Waals surface area contributed by atoms with Crippen LogP contribution in [0.4, 0.5) is 4.79 Å². The number of hydrogen-bond acceptors (Lipinski definition) is 5. The first-order valence-corrected chi connectivity index (χ1v) is 10.7. The van der Waals surface area contributed by atoms with Crippen LogP contribution in [-0.2, 0) is 38.5 Å². The molecule has 0 aliphatic rings. The molecule has 0 aromatic heterocycles. The van der Waals surface area contributed by atoms with Gasteiger partial charge in [-0.2, -0.15) is 0 Å². The fraction of sp³-hybridized carbons (Fsp3) is 0.300. The van der Waals surface area contributed by atoms with Crippen molar-refractivity contribution in [2.45, 2.75) is 31.9 Å². The summed E-state index contributed by atoms with van der Waals surface area (Å²) in [7, 11) is -2.08. The van der Waals surface area contributed by atoms with Gasteiger partial charge in [0.05, 0.1) is 5.75 Å². The minimum atomic E-state index is -3.43. The molecule has 0 aliphatic carbocycles. The summed E-state index contributed by atoms with van der Waals surface area (Å²) >= 11 is 0. The lowest BCUT2D eigenvalue weighted by Gasteiger charge is -2.15. The number of carbonyl (C=O) groups excluding carboxylic acids is 2. The van der Waals surface area contributed by atoms with Crippen molar-refractivity contribution in [2.24, 2.45) is 0 Å². The Morgan fingerprint density at radius 1 is 1.00 bits per heavy atom. The van der Waals surface area contributed by atoms with Crippen molar-refractivity contribution in [1.29, 1.82) is 0 Å². The third kappa shape index (κ3) is 7.55. The number of amides is 2. The van der Waals surface area contributed by atoms with Crippen LogP contribution in [0.5, 0.6) is 0 Å². The molecule has 9 heteroatoms. The summed E-state index contributed by atoms with van der Waals surface area (Å²) in [6.07, 6.45) is -0.697. The highest BCUT2D eigenvalue weighted by Crippen LogP contribution is 2.12. The van der Waals surface area contributed by atoms with E-state index in [1.807, 2.05) is 30.3 Å². The number of nitrogens with one attached hydrogen (secondary N) is 3. The molecule has 29 heavy (non-hydrogen) atoms. The normalized spacial score (nSPS) is 12.1. The zero-order valence-corrected chi connectivity index (χ0v) is 17.2. The number of ether oxygens (including phenoxy) is 1. The molecular formula is C20H25N3O5S. The second-order valence-corrected chi connectivity index (χ2v) is 8.30. The van der Waals surface area contributed by atoms with Crippen LogP contribution in [0.15, 0.2) is 54.6 Å². The topological polar surface area (TPSA) is 114 Å². The number of hydrogen-bond donors (Lipinski definition) is 3. The highest BCUT2D eigenvalue weighted by atomic mass is 32.2. The van der Waals surface area contributed by atoms with Crippen molar-refractivity contribution < 1.29 is 22.7 Å². The van der Waals surface area contributed by atoms with Gasteiger partial charge in [-0.15, -0.1) is 0 Å². The Morgan fingerprint density at radius 3 is 2.28 bits per heavy atom. The molecule has 0 saturated carbocycles. The average molecular weight is 420 g/mol. The zero-order valence-electron chi connectivity index (χ0n) is 16.3. The van der Waals surface area contributed by atoms with Crippen LogP contribution in [0.25, 0.3) is 0 Å². The molecule has 2 amide bonds. The van der Waals surface area contributed by atoms with Crippen molar-refractivity contribution >= 4 is 22.0 Å². The quantitative estimate of drug-likeness (QED) is 0.572. The largest absolute Gasteiger partial charge is 0.445 e. The second-order valence-electron chi connectivity index (χ2n) is 6.38. The van der Waals surface area contributed by atoms with Gasteiger partial charge in [0.15, 0.2) is 0 Å². The molecule has 156 valence electrons. The molecule has 0 radical (unpaired) electrons. The summed E-state index contributed by atoms with van der Waals surface area (Å²) in [5, 5.41) is 5.17. The first kappa shape index (κ1) is 22.4. The van der Waals surface area contributed by atoms with E-state index in [9.17, 15) is 18.0 Å². The van der Waals surface area contributed by atoms with E-state index in [0.717, 1.165) is 5.56 Å². The van der Waals surface area contributed by atoms with Gasteiger partial charge in [-0.25, -0.2) is 17.9 Å². The molecule has 0 saturated heterocycles. The van der Waals surface area contributed by atoms with E-state index in [2.05, 4.69) is 15.4 Å². The van der Waals surface area contributed by atoms with Crippen LogP contribution in [0.3, 0.4) is 0 Å². The molecular weight excluding hydrogens is 394 g/mol. The van der Waals surface area contributed by atoms with E-state index in [-0.39, 0.29) is 18.9 Å². The summed E-state index contributed by atoms with van der Waals surface area (Å²) in [5.41, 5.74) is 2.11. The van der Waals surface area contributed by atoms with Gasteiger partial charge in [-0.1, -0.05) is 54.6 Å². The van der Waals surface area contributed by atoms with Crippen LogP contribution < -0.4 is 15.4 Å². The molecule has 8 nitrogen and oxygen atoms in total. The van der Waals surface area contributed by atoms with Gasteiger partial charge < -0.3 is 15.4 Å². The Labute approximate surface area is 170 Å². The Bertz CT molecular complexity index is 932. The van der Waals surface area contributed by atoms with Gasteiger partial charge in [0.2, 0.25) is 15.9 Å². The summed E-state index contributed by atoms with van der Waals surface area (Å²) in [6, 6.07) is 15.3. The summed E-state index contributed by atoms with van der Waals surface area (Å²) < 4.78 is 30.9. The van der Waals surface area contributed by atoms with Crippen molar-refractivity contribution in [3.05, 3.63) is 71.3 Å². The maximum absolute atomic E-state index is 12.3. The van der Waals surface area contributed by atoms with E-state index >= 15 is 0 Å². The third-order valence-corrected chi connectivity index (χ3v) is 5.48. The lowest BCUT2D eigenvalue weighted by Crippen LogP contribution is -2.44. The lowest BCUT2D eigenvalue weighted by molar-refractivity contribution is -0.122. The number of sulfonamides is 1. The van der Waals surface area contributed by atoms with Crippen molar-refractivity contribution in [1.82, 2.24) is 15.4 Å². The Morgan fingerprint density at radius 2 is 1.62 bits per heavy atom. The summed E-state index contributed by atoms with van der Waals surface area (Å²) in [5.74, 6) is -0.595. The molecule has 1 atom stereocenters. The predicted octanol–water partition coefficient (Wildman–Crippen LogP) is 1.67. The number of alkyl carbamates (subject to hydrolysis) is 1. The first-order chi connectivity index (χ1) is 13.8. The van der Waals surface area contributed by atoms with Gasteiger partial charge in [0, 0.05) is 6.54 Å². The van der Waals surface area contributed by atoms with E-state index in [0.29, 0.717) is 11.1 Å². The fourth-order valence-electron chi connectivity index (χ4n) is 2.49. The predicted molar refractivity (Wildman–Crippen MR) is 109 cm³/mol. The van der Waals surface area contributed by atoms with Crippen LogP contribution in [0, 0.1) is 0 Å². The van der Waals surface area contributed by atoms with Crippen LogP contribution in [0.2, 0.25) is 0 Å². The minimum absolute atomic E-state index is 0.105. The van der Waals surface area contributed by atoms with E-state index in [4.69, 9.17) is 4.74 Å². The smallest absolute Gasteiger partial charge is 0.408 e. The molecule has 0 heterocycles. The van der Waals surface area contributed by atoms with Gasteiger partial charge in [0.25, 0.3) is 0 Å². The molecule has 2 aromatic rings. The zero-order chi connectivity index (χ0) is 21.3. The monoisotopic (exact) mass is 419 g/mol. The Hall–Kier alpha value is -2.91. The summed E-state index contributed by atoms with van der Waals surface area (Å²) in [4.78, 5) is 24.1. The van der Waals surface area contributed by atoms with Crippen molar-refractivity contribution in [3.63, 3.8) is 0 Å². The second kappa shape index (κ2) is 10.6. The highest BCUT2D eigenvalue weighted by Gasteiger charge is 2.17. The molecule has 0 aliphatic heterocycles. The fourth-order valence-corrected chi connectivity index (χ4v) is 3.33. The number of carbonyl (C=O) groups is 2. The molecule has 2 rings (SSSR count). The molecule has 0 bridgehead atoms. The van der Waals surface area contributed by atoms with E-state index in [1.54, 1.807) is 24.3 Å². The molecule has 1 unspecified atom stereocenters. The highest BCUT2D eigenvalue weighted by molar-refractivity contribution is 7.88. The average Bonchev–Trinajstić information content (AvgIpc) is 2.72. The summed E-state index contributed by atoms with van der Waals surface area (Å²) in [6.45, 7) is 1.78. The number of benzene rings is 2. The molecule has 2 aromatic carbocycles. The Kier molecular flexibility index (Phi) is 8.17. The van der Waals surface area contributed by atoms with Gasteiger partial charge in [-0.05, 0) is 30.7 Å². The minimum Gasteiger partial charge on any atom is -0.445 e. The molecule has 0 fully saturated rings.